The monoisotopic (exact) mass is 374 g/mol. The molecule has 1 aliphatic heterocycles. The minimum Gasteiger partial charge on any atom is -0.478 e. The van der Waals surface area contributed by atoms with E-state index in [4.69, 9.17) is 0 Å². The molecule has 27 heavy (non-hydrogen) atoms. The van der Waals surface area contributed by atoms with Crippen molar-refractivity contribution in [2.45, 2.75) is 0 Å². The van der Waals surface area contributed by atoms with Gasteiger partial charge in [0, 0.05) is 0 Å². The topological polar surface area (TPSA) is 78.8 Å². The largest absolute Gasteiger partial charge is 0.478 e. The minimum atomic E-state index is -1.06. The maximum atomic E-state index is 12.3. The first-order valence-corrected chi connectivity index (χ1v) is 9.03. The number of carbonyl (C=O) groups excluding carboxylic acids is 1. The van der Waals surface area contributed by atoms with E-state index in [1.165, 1.54) is 17.8 Å². The number of rotatable bonds is 3. The van der Waals surface area contributed by atoms with Crippen LogP contribution in [-0.4, -0.2) is 22.2 Å². The van der Waals surface area contributed by atoms with Gasteiger partial charge in [0.05, 0.1) is 16.2 Å². The third kappa shape index (κ3) is 3.47. The quantitative estimate of drug-likeness (QED) is 0.665. The number of nitrogens with zero attached hydrogens (tertiary/aromatic N) is 1. The second-order valence-electron chi connectivity index (χ2n) is 5.87. The molecule has 1 saturated heterocycles. The second kappa shape index (κ2) is 7.09. The SMILES string of the molecule is O=C1NC(=Nc2ccccc2C(=O)O)SC1=Cc1cccc2ccccc12. The van der Waals surface area contributed by atoms with Gasteiger partial charge in [-0.05, 0) is 46.3 Å². The summed E-state index contributed by atoms with van der Waals surface area (Å²) < 4.78 is 0. The lowest BCUT2D eigenvalue weighted by atomic mass is 10.0. The number of fused-ring (bicyclic) bond motifs is 1. The molecule has 1 aliphatic rings. The maximum absolute atomic E-state index is 12.3. The number of thioether (sulfide) groups is 1. The molecule has 6 heteroatoms. The Bertz CT molecular complexity index is 1130. The number of benzene rings is 3. The third-order valence-electron chi connectivity index (χ3n) is 4.12. The fraction of sp³-hybridized carbons (Fsp3) is 0. The van der Waals surface area contributed by atoms with E-state index in [1.807, 2.05) is 48.5 Å². The summed E-state index contributed by atoms with van der Waals surface area (Å²) in [5, 5.41) is 14.5. The van der Waals surface area contributed by atoms with Gasteiger partial charge >= 0.3 is 5.97 Å². The molecule has 0 aliphatic carbocycles. The van der Waals surface area contributed by atoms with E-state index >= 15 is 0 Å². The van der Waals surface area contributed by atoms with Crippen LogP contribution in [0, 0.1) is 0 Å². The van der Waals surface area contributed by atoms with Crippen molar-refractivity contribution in [1.29, 1.82) is 0 Å². The number of para-hydroxylation sites is 1. The van der Waals surface area contributed by atoms with Gasteiger partial charge < -0.3 is 10.4 Å². The zero-order valence-corrected chi connectivity index (χ0v) is 14.9. The Labute approximate surface area is 159 Å². The average molecular weight is 374 g/mol. The molecular weight excluding hydrogens is 360 g/mol. The van der Waals surface area contributed by atoms with Crippen LogP contribution in [0.5, 0.6) is 0 Å². The maximum Gasteiger partial charge on any atom is 0.337 e. The van der Waals surface area contributed by atoms with Gasteiger partial charge in [-0.2, -0.15) is 0 Å². The van der Waals surface area contributed by atoms with Crippen molar-refractivity contribution in [3.05, 3.63) is 82.8 Å². The second-order valence-corrected chi connectivity index (χ2v) is 6.90. The molecule has 2 N–H and O–H groups in total. The van der Waals surface area contributed by atoms with Crippen molar-refractivity contribution >= 4 is 51.3 Å². The van der Waals surface area contributed by atoms with Crippen LogP contribution in [0.2, 0.25) is 0 Å². The summed E-state index contributed by atoms with van der Waals surface area (Å²) in [5.41, 5.74) is 1.34. The first-order chi connectivity index (χ1) is 13.1. The highest BCUT2D eigenvalue weighted by molar-refractivity contribution is 8.18. The number of amides is 1. The molecule has 1 heterocycles. The predicted octanol–water partition coefficient (Wildman–Crippen LogP) is 4.43. The van der Waals surface area contributed by atoms with E-state index in [1.54, 1.807) is 18.2 Å². The molecule has 1 fully saturated rings. The molecule has 3 aromatic carbocycles. The Hall–Kier alpha value is -3.38. The van der Waals surface area contributed by atoms with E-state index in [-0.39, 0.29) is 11.5 Å². The molecule has 0 saturated carbocycles. The van der Waals surface area contributed by atoms with Crippen LogP contribution in [0.15, 0.2) is 76.6 Å². The van der Waals surface area contributed by atoms with E-state index in [9.17, 15) is 14.7 Å². The van der Waals surface area contributed by atoms with Gasteiger partial charge in [0.1, 0.15) is 0 Å². The van der Waals surface area contributed by atoms with Gasteiger partial charge in [-0.25, -0.2) is 9.79 Å². The Kier molecular flexibility index (Phi) is 4.48. The van der Waals surface area contributed by atoms with Crippen LogP contribution in [0.3, 0.4) is 0 Å². The summed E-state index contributed by atoms with van der Waals surface area (Å²) in [5.74, 6) is -1.31. The van der Waals surface area contributed by atoms with Gasteiger partial charge in [-0.3, -0.25) is 4.79 Å². The highest BCUT2D eigenvalue weighted by atomic mass is 32.2. The third-order valence-corrected chi connectivity index (χ3v) is 5.03. The summed E-state index contributed by atoms with van der Waals surface area (Å²) >= 11 is 1.19. The van der Waals surface area contributed by atoms with E-state index in [2.05, 4.69) is 10.3 Å². The number of carboxylic acid groups (broad SMARTS) is 1. The van der Waals surface area contributed by atoms with Crippen molar-refractivity contribution in [1.82, 2.24) is 5.32 Å². The first kappa shape index (κ1) is 17.1. The molecule has 0 bridgehead atoms. The van der Waals surface area contributed by atoms with Gasteiger partial charge in [-0.1, -0.05) is 54.6 Å². The lowest BCUT2D eigenvalue weighted by Crippen LogP contribution is -2.19. The molecule has 0 spiro atoms. The van der Waals surface area contributed by atoms with Crippen LogP contribution < -0.4 is 5.32 Å². The number of aromatic carboxylic acids is 1. The van der Waals surface area contributed by atoms with E-state index in [0.717, 1.165) is 16.3 Å². The van der Waals surface area contributed by atoms with Crippen LogP contribution in [0.4, 0.5) is 5.69 Å². The zero-order valence-electron chi connectivity index (χ0n) is 14.0. The van der Waals surface area contributed by atoms with E-state index in [0.29, 0.717) is 15.8 Å². The molecule has 0 unspecified atom stereocenters. The van der Waals surface area contributed by atoms with Crippen molar-refractivity contribution in [2.75, 3.05) is 0 Å². The van der Waals surface area contributed by atoms with Crippen LogP contribution >= 0.6 is 11.8 Å². The van der Waals surface area contributed by atoms with Crippen molar-refractivity contribution < 1.29 is 14.7 Å². The Balaban J connectivity index is 1.69. The fourth-order valence-corrected chi connectivity index (χ4v) is 3.69. The van der Waals surface area contributed by atoms with Crippen molar-refractivity contribution in [3.63, 3.8) is 0 Å². The number of amidine groups is 1. The molecule has 4 rings (SSSR count). The summed E-state index contributed by atoms with van der Waals surface area (Å²) in [6, 6.07) is 20.3. The number of carbonyl (C=O) groups is 2. The van der Waals surface area contributed by atoms with Gasteiger partial charge in [-0.15, -0.1) is 0 Å². The Morgan fingerprint density at radius 2 is 1.74 bits per heavy atom. The summed E-state index contributed by atoms with van der Waals surface area (Å²) in [4.78, 5) is 28.5. The first-order valence-electron chi connectivity index (χ1n) is 8.21. The lowest BCUT2D eigenvalue weighted by molar-refractivity contribution is -0.115. The Morgan fingerprint density at radius 3 is 2.59 bits per heavy atom. The molecule has 0 aromatic heterocycles. The summed E-state index contributed by atoms with van der Waals surface area (Å²) in [6.07, 6.45) is 1.83. The van der Waals surface area contributed by atoms with Gasteiger partial charge in [0.2, 0.25) is 0 Å². The number of carboxylic acids is 1. The molecule has 5 nitrogen and oxygen atoms in total. The number of nitrogens with one attached hydrogen (secondary N) is 1. The highest BCUT2D eigenvalue weighted by Gasteiger charge is 2.24. The van der Waals surface area contributed by atoms with Crippen LogP contribution in [0.25, 0.3) is 16.8 Å². The zero-order chi connectivity index (χ0) is 18.8. The number of hydrogen-bond acceptors (Lipinski definition) is 4. The van der Waals surface area contributed by atoms with E-state index < -0.39 is 5.97 Å². The number of hydrogen-bond donors (Lipinski definition) is 2. The summed E-state index contributed by atoms with van der Waals surface area (Å²) in [7, 11) is 0. The molecule has 132 valence electrons. The Morgan fingerprint density at radius 1 is 1.00 bits per heavy atom. The average Bonchev–Trinajstić information content (AvgIpc) is 3.01. The van der Waals surface area contributed by atoms with Gasteiger partial charge in [0.25, 0.3) is 5.91 Å². The number of aliphatic imine (C=N–C) groups is 1. The smallest absolute Gasteiger partial charge is 0.337 e. The van der Waals surface area contributed by atoms with Crippen molar-refractivity contribution in [2.24, 2.45) is 4.99 Å². The van der Waals surface area contributed by atoms with Gasteiger partial charge in [0.15, 0.2) is 5.17 Å². The van der Waals surface area contributed by atoms with Crippen LogP contribution in [0.1, 0.15) is 15.9 Å². The molecule has 1 amide bonds. The standard InChI is InChI=1S/C21H14N2O3S/c24-19-18(12-14-8-5-7-13-6-1-2-9-15(13)14)27-21(23-19)22-17-11-4-3-10-16(17)20(25)26/h1-12H,(H,25,26)(H,22,23,24). The normalized spacial score (nSPS) is 16.8. The van der Waals surface area contributed by atoms with Crippen LogP contribution in [-0.2, 0) is 4.79 Å². The fourth-order valence-electron chi connectivity index (χ4n) is 2.86. The predicted molar refractivity (Wildman–Crippen MR) is 108 cm³/mol. The molecule has 0 atom stereocenters. The molecular formula is C21H14N2O3S. The summed E-state index contributed by atoms with van der Waals surface area (Å²) in [6.45, 7) is 0. The lowest BCUT2D eigenvalue weighted by Gasteiger charge is -2.02. The van der Waals surface area contributed by atoms with Crippen molar-refractivity contribution in [3.8, 4) is 0 Å². The molecule has 3 aromatic rings. The highest BCUT2D eigenvalue weighted by Crippen LogP contribution is 2.30. The molecule has 0 radical (unpaired) electrons. The minimum absolute atomic E-state index is 0.0892.